The van der Waals surface area contributed by atoms with Crippen LogP contribution < -0.4 is 5.32 Å². The fourth-order valence-electron chi connectivity index (χ4n) is 2.89. The molecule has 1 N–H and O–H groups in total. The Morgan fingerprint density at radius 1 is 1.24 bits per heavy atom. The van der Waals surface area contributed by atoms with Gasteiger partial charge in [0, 0.05) is 18.0 Å². The molecule has 6 heteroatoms. The summed E-state index contributed by atoms with van der Waals surface area (Å²) >= 11 is 0. The van der Waals surface area contributed by atoms with Crippen molar-refractivity contribution in [3.05, 3.63) is 34.7 Å². The number of carbonyl (C=O) groups is 2. The molecule has 1 aromatic rings. The maximum Gasteiger partial charge on any atom is 0.296 e. The summed E-state index contributed by atoms with van der Waals surface area (Å²) in [5.41, 5.74) is 0.631. The molecule has 0 atom stereocenters. The van der Waals surface area contributed by atoms with Crippen LogP contribution in [0.1, 0.15) is 31.2 Å². The van der Waals surface area contributed by atoms with E-state index in [-0.39, 0.29) is 12.5 Å². The Kier molecular flexibility index (Phi) is 4.80. The van der Waals surface area contributed by atoms with Gasteiger partial charge in [-0.2, -0.15) is 0 Å². The number of rotatable bonds is 5. The van der Waals surface area contributed by atoms with Crippen LogP contribution in [0, 0.1) is 4.91 Å². The van der Waals surface area contributed by atoms with Crippen LogP contribution in [0.5, 0.6) is 0 Å². The molecule has 2 amide bonds. The summed E-state index contributed by atoms with van der Waals surface area (Å²) in [6.45, 7) is -0.0146. The van der Waals surface area contributed by atoms with Crippen molar-refractivity contribution in [1.29, 1.82) is 0 Å². The van der Waals surface area contributed by atoms with Crippen molar-refractivity contribution in [3.63, 3.8) is 0 Å². The zero-order valence-corrected chi connectivity index (χ0v) is 11.9. The molecule has 0 spiro atoms. The highest BCUT2D eigenvalue weighted by Crippen LogP contribution is 2.42. The van der Waals surface area contributed by atoms with Crippen LogP contribution in [0.4, 0.5) is 5.69 Å². The van der Waals surface area contributed by atoms with Crippen LogP contribution in [0.15, 0.2) is 29.4 Å². The molecule has 0 bridgehead atoms. The van der Waals surface area contributed by atoms with E-state index in [4.69, 9.17) is 4.74 Å². The van der Waals surface area contributed by atoms with Gasteiger partial charge in [0.2, 0.25) is 5.91 Å². The van der Waals surface area contributed by atoms with Crippen molar-refractivity contribution in [2.75, 3.05) is 19.0 Å². The van der Waals surface area contributed by atoms with Gasteiger partial charge >= 0.3 is 0 Å². The molecule has 0 radical (unpaired) electrons. The Hall–Kier alpha value is -2.08. The number of hydrogen-bond donors (Lipinski definition) is 1. The molecule has 1 aromatic carbocycles. The molecule has 1 aliphatic carbocycles. The molecule has 1 saturated carbocycles. The summed E-state index contributed by atoms with van der Waals surface area (Å²) in [6, 6.07) is 7.00. The second kappa shape index (κ2) is 6.58. The lowest BCUT2D eigenvalue weighted by molar-refractivity contribution is -0.123. The van der Waals surface area contributed by atoms with Gasteiger partial charge in [-0.25, -0.2) is 0 Å². The van der Waals surface area contributed by atoms with E-state index < -0.39 is 11.3 Å². The largest absolute Gasteiger partial charge is 0.375 e. The Bertz CT molecular complexity index is 533. The zero-order chi connectivity index (χ0) is 15.3. The summed E-state index contributed by atoms with van der Waals surface area (Å²) in [5.74, 6) is -0.845. The number of nitrogens with zero attached hydrogens (tertiary/aromatic N) is 1. The minimum absolute atomic E-state index is 0.0146. The standard InChI is InChI=1S/C15H18N2O4/c1-21-10-13(18)16-12-6-4-11(5-7-12)15(14(19)17-20)8-2-3-9-15/h4-7H,2-3,8-10H2,1H3,(H,16,18). The highest BCUT2D eigenvalue weighted by molar-refractivity contribution is 5.92. The summed E-state index contributed by atoms with van der Waals surface area (Å²) < 4.78 is 4.74. The van der Waals surface area contributed by atoms with Crippen molar-refractivity contribution in [2.24, 2.45) is 5.18 Å². The molecular weight excluding hydrogens is 272 g/mol. The molecule has 2 rings (SSSR count). The number of amides is 2. The predicted octanol–water partition coefficient (Wildman–Crippen LogP) is 2.38. The summed E-state index contributed by atoms with van der Waals surface area (Å²) in [5, 5.41) is 5.32. The van der Waals surface area contributed by atoms with Crippen LogP contribution in [0.3, 0.4) is 0 Å². The fourth-order valence-corrected chi connectivity index (χ4v) is 2.89. The number of ether oxygens (including phenoxy) is 1. The number of benzene rings is 1. The molecule has 0 saturated heterocycles. The first-order valence-corrected chi connectivity index (χ1v) is 6.89. The average Bonchev–Trinajstić information content (AvgIpc) is 2.98. The van der Waals surface area contributed by atoms with Gasteiger partial charge in [0.25, 0.3) is 5.91 Å². The first-order chi connectivity index (χ1) is 10.1. The smallest absolute Gasteiger partial charge is 0.296 e. The molecule has 0 aromatic heterocycles. The van der Waals surface area contributed by atoms with Crippen molar-refractivity contribution in [1.82, 2.24) is 0 Å². The number of nitrogens with one attached hydrogen (secondary N) is 1. The number of carbonyl (C=O) groups excluding carboxylic acids is 2. The molecule has 1 aliphatic rings. The second-order valence-corrected chi connectivity index (χ2v) is 5.24. The van der Waals surface area contributed by atoms with E-state index in [0.717, 1.165) is 18.4 Å². The molecule has 0 unspecified atom stereocenters. The lowest BCUT2D eigenvalue weighted by atomic mass is 9.78. The third kappa shape index (κ3) is 3.16. The van der Waals surface area contributed by atoms with Gasteiger partial charge in [0.05, 0.1) is 5.41 Å². The van der Waals surface area contributed by atoms with E-state index >= 15 is 0 Å². The minimum Gasteiger partial charge on any atom is -0.375 e. The van der Waals surface area contributed by atoms with Gasteiger partial charge in [-0.05, 0) is 30.5 Å². The van der Waals surface area contributed by atoms with Crippen LogP contribution >= 0.6 is 0 Å². The Balaban J connectivity index is 2.19. The summed E-state index contributed by atoms with van der Waals surface area (Å²) in [6.07, 6.45) is 3.11. The minimum atomic E-state index is -0.781. The van der Waals surface area contributed by atoms with Crippen LogP contribution in [0.2, 0.25) is 0 Å². The Morgan fingerprint density at radius 2 is 1.86 bits per heavy atom. The lowest BCUT2D eigenvalue weighted by Gasteiger charge is -2.24. The summed E-state index contributed by atoms with van der Waals surface area (Å²) in [4.78, 5) is 34.0. The molecule has 21 heavy (non-hydrogen) atoms. The lowest BCUT2D eigenvalue weighted by Crippen LogP contribution is -2.31. The normalized spacial score (nSPS) is 16.4. The highest BCUT2D eigenvalue weighted by atomic mass is 16.5. The third-order valence-electron chi connectivity index (χ3n) is 3.95. The molecule has 1 fully saturated rings. The third-order valence-corrected chi connectivity index (χ3v) is 3.95. The Morgan fingerprint density at radius 3 is 2.38 bits per heavy atom. The maximum absolute atomic E-state index is 11.9. The number of hydrogen-bond acceptors (Lipinski definition) is 4. The van der Waals surface area contributed by atoms with E-state index in [1.807, 2.05) is 0 Å². The molecule has 0 aliphatic heterocycles. The van der Waals surface area contributed by atoms with Gasteiger partial charge < -0.3 is 10.1 Å². The quantitative estimate of drug-likeness (QED) is 0.844. The van der Waals surface area contributed by atoms with Crippen molar-refractivity contribution >= 4 is 17.5 Å². The first-order valence-electron chi connectivity index (χ1n) is 6.89. The Labute approximate surface area is 122 Å². The highest BCUT2D eigenvalue weighted by Gasteiger charge is 2.43. The predicted molar refractivity (Wildman–Crippen MR) is 77.9 cm³/mol. The van der Waals surface area contributed by atoms with Crippen molar-refractivity contribution in [3.8, 4) is 0 Å². The summed E-state index contributed by atoms with van der Waals surface area (Å²) in [7, 11) is 1.45. The van der Waals surface area contributed by atoms with Gasteiger partial charge in [-0.3, -0.25) is 9.59 Å². The van der Waals surface area contributed by atoms with Gasteiger partial charge in [-0.1, -0.05) is 25.0 Å². The number of nitroso groups, excluding NO2 is 1. The SMILES string of the molecule is COCC(=O)Nc1ccc(C2(C(=O)N=O)CCCC2)cc1. The van der Waals surface area contributed by atoms with Crippen molar-refractivity contribution < 1.29 is 14.3 Å². The van der Waals surface area contributed by atoms with E-state index in [2.05, 4.69) is 10.5 Å². The fraction of sp³-hybridized carbons (Fsp3) is 0.467. The molecule has 0 heterocycles. The van der Waals surface area contributed by atoms with Crippen LogP contribution in [-0.2, 0) is 19.7 Å². The van der Waals surface area contributed by atoms with Gasteiger partial charge in [-0.15, -0.1) is 4.91 Å². The van der Waals surface area contributed by atoms with Crippen molar-refractivity contribution in [2.45, 2.75) is 31.1 Å². The van der Waals surface area contributed by atoms with Crippen LogP contribution in [0.25, 0.3) is 0 Å². The first kappa shape index (κ1) is 15.3. The average molecular weight is 290 g/mol. The van der Waals surface area contributed by atoms with Gasteiger partial charge in [0.1, 0.15) is 6.61 Å². The van der Waals surface area contributed by atoms with E-state index in [1.165, 1.54) is 7.11 Å². The van der Waals surface area contributed by atoms with E-state index in [9.17, 15) is 14.5 Å². The van der Waals surface area contributed by atoms with E-state index in [1.54, 1.807) is 24.3 Å². The monoisotopic (exact) mass is 290 g/mol. The van der Waals surface area contributed by atoms with Crippen LogP contribution in [-0.4, -0.2) is 25.5 Å². The number of anilines is 1. The van der Waals surface area contributed by atoms with Gasteiger partial charge in [0.15, 0.2) is 0 Å². The molecule has 112 valence electrons. The zero-order valence-electron chi connectivity index (χ0n) is 11.9. The maximum atomic E-state index is 11.9. The number of methoxy groups -OCH3 is 1. The topological polar surface area (TPSA) is 84.8 Å². The second-order valence-electron chi connectivity index (χ2n) is 5.24. The molecular formula is C15H18N2O4. The van der Waals surface area contributed by atoms with E-state index in [0.29, 0.717) is 18.5 Å². The molecule has 6 nitrogen and oxygen atoms in total.